The second-order valence-electron chi connectivity index (χ2n) is 18.6. The summed E-state index contributed by atoms with van der Waals surface area (Å²) in [6.07, 6.45) is 28.7. The van der Waals surface area contributed by atoms with Crippen LogP contribution >= 0.6 is 48.9 Å². The van der Waals surface area contributed by atoms with Crippen molar-refractivity contribution in [3.8, 4) is 11.1 Å². The lowest BCUT2D eigenvalue weighted by Gasteiger charge is -2.38. The number of benzene rings is 4. The fourth-order valence-electron chi connectivity index (χ4n) is 13.2. The summed E-state index contributed by atoms with van der Waals surface area (Å²) in [6, 6.07) is 27.7. The largest absolute Gasteiger partial charge is 0.0787 e. The van der Waals surface area contributed by atoms with E-state index in [9.17, 15) is 0 Å². The Morgan fingerprint density at radius 3 is 1.03 bits per heavy atom. The molecule has 0 aliphatic heterocycles. The Morgan fingerprint density at radius 1 is 0.362 bits per heavy atom. The lowest BCUT2D eigenvalue weighted by Crippen LogP contribution is -2.30. The smallest absolute Gasteiger partial charge is 0.0543 e. The normalized spacial score (nSPS) is 22.5. The molecule has 0 bridgehead atoms. The lowest BCUT2D eigenvalue weighted by molar-refractivity contribution is 0.346. The van der Waals surface area contributed by atoms with Crippen molar-refractivity contribution in [3.05, 3.63) is 163 Å². The monoisotopic (exact) mass is 822 g/mol. The zero-order valence-electron chi connectivity index (χ0n) is 33.0. The fourth-order valence-corrected chi connectivity index (χ4v) is 14.7. The van der Waals surface area contributed by atoms with Gasteiger partial charge in [0.25, 0.3) is 0 Å². The molecule has 0 saturated heterocycles. The maximum absolute atomic E-state index is 6.14. The van der Waals surface area contributed by atoms with Crippen molar-refractivity contribution in [3.63, 3.8) is 0 Å². The predicted octanol–water partition coefficient (Wildman–Crippen LogP) is 14.3. The van der Waals surface area contributed by atoms with E-state index >= 15 is 0 Å². The third-order valence-corrected chi connectivity index (χ3v) is 17.8. The summed E-state index contributed by atoms with van der Waals surface area (Å²) in [5.74, 6) is 0. The zero-order chi connectivity index (χ0) is 39.0. The van der Waals surface area contributed by atoms with Crippen molar-refractivity contribution in [1.82, 2.24) is 0 Å². The number of allylic oxidation sites excluding steroid dienone is 6. The molecular formula is C54H46S4. The quantitative estimate of drug-likeness (QED) is 0.146. The van der Waals surface area contributed by atoms with Gasteiger partial charge in [0, 0.05) is 49.6 Å². The summed E-state index contributed by atoms with van der Waals surface area (Å²) >= 11 is 24.6. The number of rotatable bonds is 2. The molecule has 0 heterocycles. The van der Waals surface area contributed by atoms with Crippen molar-refractivity contribution in [2.24, 2.45) is 0 Å². The third kappa shape index (κ3) is 4.84. The van der Waals surface area contributed by atoms with Crippen LogP contribution in [-0.2, 0) is 16.2 Å². The van der Waals surface area contributed by atoms with Crippen LogP contribution in [0.5, 0.6) is 0 Å². The van der Waals surface area contributed by atoms with Gasteiger partial charge in [-0.05, 0) is 131 Å². The Bertz CT molecular complexity index is 2470. The van der Waals surface area contributed by atoms with Crippen molar-refractivity contribution in [2.45, 2.75) is 113 Å². The maximum atomic E-state index is 6.14. The molecule has 0 atom stereocenters. The van der Waals surface area contributed by atoms with E-state index in [2.05, 4.69) is 97.1 Å². The summed E-state index contributed by atoms with van der Waals surface area (Å²) in [7, 11) is 0. The predicted molar refractivity (Wildman–Crippen MR) is 257 cm³/mol. The summed E-state index contributed by atoms with van der Waals surface area (Å²) in [5, 5.41) is 0. The van der Waals surface area contributed by atoms with Gasteiger partial charge >= 0.3 is 0 Å². The summed E-state index contributed by atoms with van der Waals surface area (Å²) in [5.41, 5.74) is 21.7. The van der Waals surface area contributed by atoms with E-state index in [4.69, 9.17) is 48.9 Å². The first-order valence-electron chi connectivity index (χ1n) is 22.0. The van der Waals surface area contributed by atoms with E-state index in [0.717, 1.165) is 52.9 Å². The van der Waals surface area contributed by atoms with Crippen LogP contribution in [0.3, 0.4) is 0 Å². The van der Waals surface area contributed by atoms with Crippen molar-refractivity contribution < 1.29 is 0 Å². The molecule has 0 N–H and O–H groups in total. The minimum Gasteiger partial charge on any atom is -0.0787 e. The minimum atomic E-state index is -0.00395. The molecule has 4 heteroatoms. The van der Waals surface area contributed by atoms with Gasteiger partial charge in [-0.15, -0.1) is 0 Å². The first kappa shape index (κ1) is 36.1. The Morgan fingerprint density at radius 2 is 0.690 bits per heavy atom. The van der Waals surface area contributed by atoms with Gasteiger partial charge in [0.1, 0.15) is 0 Å². The van der Waals surface area contributed by atoms with E-state index in [1.165, 1.54) is 130 Å². The Balaban J connectivity index is 1.01. The van der Waals surface area contributed by atoms with Gasteiger partial charge in [0.15, 0.2) is 0 Å². The standard InChI is InChI=1S/C54H46S4/c55-48-36-14-4-5-15-37(36)49(56)42(48)28-34-24-32-26-46-40(30-44(32)52(34)18-8-1-9-19-52)41-31-45-33(27-47(41)54(46)22-12-3-13-23-54)25-35(53(45)20-10-2-11-21-53)29-43-50(57)38-16-6-7-17-39(38)51(43)58/h4-7,14-17,24-31H,1-3,8-13,18-23H2. The minimum absolute atomic E-state index is 0.00395. The van der Waals surface area contributed by atoms with Crippen molar-refractivity contribution in [1.29, 1.82) is 0 Å². The summed E-state index contributed by atoms with van der Waals surface area (Å²) < 4.78 is 0. The van der Waals surface area contributed by atoms with E-state index in [1.807, 2.05) is 0 Å². The molecule has 4 aromatic carbocycles. The molecule has 286 valence electrons. The molecule has 58 heavy (non-hydrogen) atoms. The van der Waals surface area contributed by atoms with Gasteiger partial charge in [-0.25, -0.2) is 0 Å². The molecule has 3 spiro atoms. The van der Waals surface area contributed by atoms with Gasteiger partial charge in [-0.1, -0.05) is 167 Å². The van der Waals surface area contributed by atoms with Crippen LogP contribution in [0.25, 0.3) is 23.3 Å². The zero-order valence-corrected chi connectivity index (χ0v) is 36.2. The molecular weight excluding hydrogens is 777 g/mol. The van der Waals surface area contributed by atoms with Gasteiger partial charge in [0.05, 0.1) is 19.5 Å². The Hall–Kier alpha value is -3.80. The van der Waals surface area contributed by atoms with E-state index in [-0.39, 0.29) is 16.2 Å². The van der Waals surface area contributed by atoms with Crippen LogP contribution in [0.2, 0.25) is 0 Å². The first-order chi connectivity index (χ1) is 28.3. The molecule has 0 unspecified atom stereocenters. The maximum Gasteiger partial charge on any atom is 0.0543 e. The average molecular weight is 823 g/mol. The highest BCUT2D eigenvalue weighted by molar-refractivity contribution is 7.84. The van der Waals surface area contributed by atoms with Gasteiger partial charge in [-0.2, -0.15) is 0 Å². The molecule has 0 radical (unpaired) electrons. The lowest BCUT2D eigenvalue weighted by atomic mass is 9.65. The Kier molecular flexibility index (Phi) is 8.15. The second-order valence-corrected chi connectivity index (χ2v) is 20.3. The molecule has 3 fully saturated rings. The average Bonchev–Trinajstić information content (AvgIpc) is 3.95. The number of thiocarbonyl (C=S) groups is 4. The second kappa shape index (κ2) is 13.1. The molecule has 0 amide bonds. The first-order valence-corrected chi connectivity index (χ1v) is 23.6. The van der Waals surface area contributed by atoms with Crippen LogP contribution < -0.4 is 0 Å². The molecule has 8 aliphatic rings. The van der Waals surface area contributed by atoms with Crippen LogP contribution in [0.1, 0.15) is 152 Å². The number of fused-ring (bicyclic) bond motifs is 11. The fraction of sp³-hybridized carbons (Fsp3) is 0.333. The van der Waals surface area contributed by atoms with Crippen LogP contribution in [-0.4, -0.2) is 19.5 Å². The van der Waals surface area contributed by atoms with Gasteiger partial charge < -0.3 is 0 Å². The van der Waals surface area contributed by atoms with Crippen molar-refractivity contribution >= 4 is 80.5 Å². The molecule has 0 aromatic heterocycles. The van der Waals surface area contributed by atoms with Crippen LogP contribution in [0.4, 0.5) is 0 Å². The third-order valence-electron chi connectivity index (χ3n) is 16.0. The van der Waals surface area contributed by atoms with E-state index in [0.29, 0.717) is 0 Å². The van der Waals surface area contributed by atoms with Gasteiger partial charge in [0.2, 0.25) is 0 Å². The molecule has 8 aliphatic carbocycles. The van der Waals surface area contributed by atoms with Crippen molar-refractivity contribution in [2.75, 3.05) is 0 Å². The molecule has 12 rings (SSSR count). The Labute approximate surface area is 364 Å². The SMILES string of the molecule is S=C1C(=CC2=Cc3cc4c(cc3C23CCCCC3)-c2cc3c(cc2C42CCCCC2)C=C(C=C2C(=S)c4ccccc4C2=S)C32CCCCC2)C(=S)c2ccccc21. The van der Waals surface area contributed by atoms with Crippen LogP contribution in [0, 0.1) is 0 Å². The van der Waals surface area contributed by atoms with Gasteiger partial charge in [-0.3, -0.25) is 0 Å². The summed E-state index contributed by atoms with van der Waals surface area (Å²) in [6.45, 7) is 0. The molecule has 4 aromatic rings. The summed E-state index contributed by atoms with van der Waals surface area (Å²) in [4.78, 5) is 3.65. The highest BCUT2D eigenvalue weighted by Gasteiger charge is 2.50. The van der Waals surface area contributed by atoms with E-state index in [1.54, 1.807) is 22.3 Å². The number of hydrogen-bond donors (Lipinski definition) is 0. The van der Waals surface area contributed by atoms with E-state index < -0.39 is 0 Å². The highest BCUT2D eigenvalue weighted by atomic mass is 32.1. The number of hydrogen-bond acceptors (Lipinski definition) is 4. The topological polar surface area (TPSA) is 0 Å². The highest BCUT2D eigenvalue weighted by Crippen LogP contribution is 2.62. The van der Waals surface area contributed by atoms with Crippen LogP contribution in [0.15, 0.2) is 107 Å². The molecule has 3 saturated carbocycles. The molecule has 0 nitrogen and oxygen atoms in total.